The smallest absolute Gasteiger partial charge is 0.822 e. The summed E-state index contributed by atoms with van der Waals surface area (Å²) in [5.41, 5.74) is 0. The summed E-state index contributed by atoms with van der Waals surface area (Å²) >= 11 is 0. The van der Waals surface area contributed by atoms with E-state index in [9.17, 15) is 0 Å². The Labute approximate surface area is 84.4 Å². The second kappa shape index (κ2) is 6.49. The van der Waals surface area contributed by atoms with Crippen molar-refractivity contribution >= 4 is 18.2 Å². The fourth-order valence-electron chi connectivity index (χ4n) is 0. The molecule has 0 saturated carbocycles. The molecule has 0 atom stereocenters. The van der Waals surface area contributed by atoms with Gasteiger partial charge in [-0.25, -0.2) is 0 Å². The van der Waals surface area contributed by atoms with Crippen LogP contribution in [0.25, 0.3) is 0 Å². The van der Waals surface area contributed by atoms with Crippen LogP contribution in [-0.2, 0) is 15.0 Å². The summed E-state index contributed by atoms with van der Waals surface area (Å²) < 4.78 is 42.6. The Balaban J connectivity index is -0.000000107. The molecule has 0 N–H and O–H groups in total. The second-order valence-corrected chi connectivity index (χ2v) is 2.57. The van der Waals surface area contributed by atoms with E-state index in [4.69, 9.17) is 36.8 Å². The molecule has 64 valence electrons. The summed E-state index contributed by atoms with van der Waals surface area (Å²) in [6.07, 6.45) is 0. The Bertz CT molecular complexity index is 192. The minimum absolute atomic E-state index is 0. The molecule has 0 fully saturated rings. The van der Waals surface area contributed by atoms with Crippen LogP contribution < -0.4 is 44.2 Å². The number of hydrogen-bond donors (Lipinski definition) is 0. The minimum atomic E-state index is -5.39. The molecule has 11 heavy (non-hydrogen) atoms. The molecule has 8 nitrogen and oxygen atoms in total. The largest absolute Gasteiger partial charge is 1.00 e. The second-order valence-electron chi connectivity index (χ2n) is 0.855. The zero-order valence-electron chi connectivity index (χ0n) is 5.12. The summed E-state index contributed by atoms with van der Waals surface area (Å²) in [4.78, 5) is 25.6. The molecule has 0 saturated heterocycles. The van der Waals surface area contributed by atoms with Gasteiger partial charge in [0.1, 0.15) is 0 Å². The van der Waals surface area contributed by atoms with E-state index in [0.29, 0.717) is 0 Å². The normalized spacial score (nSPS) is 10.6. The number of rotatable bonds is 0. The Morgan fingerprint density at radius 3 is 1.00 bits per heavy atom. The molecule has 0 bridgehead atoms. The van der Waals surface area contributed by atoms with Crippen molar-refractivity contribution < 1.29 is 66.3 Å². The standard InChI is InChI=1S/Na.H3O4P.H2O4S/c;2*1-5(2,3)4/h;(H3,1,2,3,4);(H2,1,2,3,4)/q+1;;/p-5. The maximum absolute atomic E-state index is 8.55. The maximum Gasteiger partial charge on any atom is 1.00 e. The average Bonchev–Trinajstić information content (AvgIpc) is 1.12. The van der Waals surface area contributed by atoms with Crippen molar-refractivity contribution in [2.24, 2.45) is 0 Å². The van der Waals surface area contributed by atoms with E-state index in [0.717, 1.165) is 0 Å². The first-order valence-corrected chi connectivity index (χ1v) is 4.19. The van der Waals surface area contributed by atoms with E-state index in [2.05, 4.69) is 0 Å². The van der Waals surface area contributed by atoms with Crippen molar-refractivity contribution in [2.45, 2.75) is 0 Å². The quantitative estimate of drug-likeness (QED) is 0.166. The van der Waals surface area contributed by atoms with Gasteiger partial charge in [-0.05, 0) is 0 Å². The van der Waals surface area contributed by atoms with Crippen molar-refractivity contribution in [3.63, 3.8) is 0 Å². The van der Waals surface area contributed by atoms with E-state index in [1.54, 1.807) is 0 Å². The minimum Gasteiger partial charge on any atom is -0.822 e. The molecule has 0 heterocycles. The Hall–Kier alpha value is 0.980. The molecule has 0 aromatic carbocycles. The Morgan fingerprint density at radius 1 is 1.00 bits per heavy atom. The predicted molar refractivity (Wildman–Crippen MR) is 18.1 cm³/mol. The zero-order valence-corrected chi connectivity index (χ0v) is 8.83. The molecule has 0 spiro atoms. The number of phosphoric acid groups is 1. The third-order valence-electron chi connectivity index (χ3n) is 0. The van der Waals surface area contributed by atoms with Gasteiger partial charge in [0.15, 0.2) is 0 Å². The Kier molecular flexibility index (Phi) is 10.6. The van der Waals surface area contributed by atoms with Crippen LogP contribution in [0.15, 0.2) is 0 Å². The molecule has 0 aromatic rings. The van der Waals surface area contributed by atoms with Crippen molar-refractivity contribution in [1.29, 1.82) is 0 Å². The average molecular weight is 214 g/mol. The molecular weight excluding hydrogens is 214 g/mol. The topological polar surface area (TPSA) is 167 Å². The van der Waals surface area contributed by atoms with Crippen LogP contribution in [0, 0.1) is 0 Å². The Morgan fingerprint density at radius 2 is 1.00 bits per heavy atom. The van der Waals surface area contributed by atoms with Gasteiger partial charge in [0.05, 0.1) is 0 Å². The first-order chi connectivity index (χ1) is 4.00. The van der Waals surface area contributed by atoms with Gasteiger partial charge >= 0.3 is 29.6 Å². The van der Waals surface area contributed by atoms with Crippen molar-refractivity contribution in [2.75, 3.05) is 0 Å². The fourth-order valence-corrected chi connectivity index (χ4v) is 0. The fraction of sp³-hybridized carbons (Fsp3) is 0. The van der Waals surface area contributed by atoms with E-state index < -0.39 is 18.2 Å². The molecule has 0 radical (unpaired) electrons. The molecule has 0 rings (SSSR count). The van der Waals surface area contributed by atoms with Crippen LogP contribution in [0.3, 0.4) is 0 Å². The third-order valence-corrected chi connectivity index (χ3v) is 0. The van der Waals surface area contributed by atoms with Crippen LogP contribution in [0.2, 0.25) is 0 Å². The molecule has 0 unspecified atom stereocenters. The van der Waals surface area contributed by atoms with Gasteiger partial charge in [0.2, 0.25) is 0 Å². The van der Waals surface area contributed by atoms with Gasteiger partial charge in [0.25, 0.3) is 0 Å². The van der Waals surface area contributed by atoms with Crippen LogP contribution in [0.1, 0.15) is 0 Å². The van der Waals surface area contributed by atoms with Crippen LogP contribution in [-0.4, -0.2) is 17.5 Å². The van der Waals surface area contributed by atoms with Gasteiger partial charge in [-0.15, -0.1) is 0 Å². The van der Waals surface area contributed by atoms with Crippen LogP contribution in [0.5, 0.6) is 0 Å². The molecular formula is NaO8PS-4. The van der Waals surface area contributed by atoms with Crippen LogP contribution in [0.4, 0.5) is 0 Å². The summed E-state index contributed by atoms with van der Waals surface area (Å²) in [6, 6.07) is 0. The summed E-state index contributed by atoms with van der Waals surface area (Å²) in [6.45, 7) is 0. The van der Waals surface area contributed by atoms with E-state index >= 15 is 0 Å². The van der Waals surface area contributed by atoms with E-state index in [1.165, 1.54) is 0 Å². The van der Waals surface area contributed by atoms with Gasteiger partial charge in [-0.1, -0.05) is 0 Å². The van der Waals surface area contributed by atoms with Crippen molar-refractivity contribution in [3.8, 4) is 0 Å². The molecule has 11 heteroatoms. The van der Waals surface area contributed by atoms with Crippen LogP contribution >= 0.6 is 7.82 Å². The first kappa shape index (κ1) is 17.9. The number of hydrogen-bond acceptors (Lipinski definition) is 8. The molecule has 0 aromatic heterocycles. The van der Waals surface area contributed by atoms with Gasteiger partial charge in [-0.3, -0.25) is 8.42 Å². The first-order valence-electron chi connectivity index (χ1n) is 1.40. The van der Waals surface area contributed by atoms with Gasteiger partial charge in [0, 0.05) is 10.4 Å². The molecule has 0 aliphatic rings. The van der Waals surface area contributed by atoms with Gasteiger partial charge in [-0.2, -0.15) is 7.82 Å². The SMILES string of the molecule is O=P([O-])([O-])[O-].O=S(=O)([O-])[O-].[Na+]. The summed E-state index contributed by atoms with van der Waals surface area (Å²) in [7, 11) is -10.6. The van der Waals surface area contributed by atoms with E-state index in [1.807, 2.05) is 0 Å². The molecule has 0 aliphatic carbocycles. The summed E-state index contributed by atoms with van der Waals surface area (Å²) in [5.74, 6) is 0. The maximum atomic E-state index is 8.55. The zero-order chi connectivity index (χ0) is 9.00. The monoisotopic (exact) mass is 214 g/mol. The summed E-state index contributed by atoms with van der Waals surface area (Å²) in [5, 5.41) is 0. The third kappa shape index (κ3) is 922. The van der Waals surface area contributed by atoms with Crippen molar-refractivity contribution in [3.05, 3.63) is 0 Å². The molecule has 0 aliphatic heterocycles. The molecule has 0 amide bonds. The van der Waals surface area contributed by atoms with Gasteiger partial charge < -0.3 is 28.4 Å². The van der Waals surface area contributed by atoms with Crippen molar-refractivity contribution in [1.82, 2.24) is 0 Å². The van der Waals surface area contributed by atoms with E-state index in [-0.39, 0.29) is 29.6 Å². The predicted octanol–water partition coefficient (Wildman–Crippen LogP) is -7.16.